The minimum absolute atomic E-state index is 0.186. The summed E-state index contributed by atoms with van der Waals surface area (Å²) in [6.07, 6.45) is 4.49. The van der Waals surface area contributed by atoms with Crippen molar-refractivity contribution in [3.63, 3.8) is 0 Å². The molecule has 4 nitrogen and oxygen atoms in total. The summed E-state index contributed by atoms with van der Waals surface area (Å²) in [5.74, 6) is 2.73. The van der Waals surface area contributed by atoms with Gasteiger partial charge in [-0.15, -0.1) is 0 Å². The normalized spacial score (nSPS) is 11.0. The maximum absolute atomic E-state index is 11.0. The first-order valence-electron chi connectivity index (χ1n) is 9.63. The van der Waals surface area contributed by atoms with Gasteiger partial charge in [-0.1, -0.05) is 0 Å². The number of phenols is 2. The van der Waals surface area contributed by atoms with Gasteiger partial charge < -0.3 is 0 Å². The molecule has 0 aliphatic carbocycles. The summed E-state index contributed by atoms with van der Waals surface area (Å²) in [7, 11) is 3.24. The number of phenolic OH excluding ortho intramolecular Hbond substituents is 2. The third-order valence-corrected chi connectivity index (χ3v) is 8.67. The minimum atomic E-state index is -0.521. The number of halogens is 1. The standard InChI is InChI=1S/C22H31IO4S/c1-5-7-9-23-19-13-15(26-3)11-17(21(19)24)18-12-16(27-4)14-20(22(18)25)28-10-8-6-2/h11-14,23-25H,5-10H2,1-4H3. The molecule has 0 saturated carbocycles. The summed E-state index contributed by atoms with van der Waals surface area (Å²) < 4.78 is 13.0. The summed E-state index contributed by atoms with van der Waals surface area (Å²) in [6, 6.07) is 7.36. The van der Waals surface area contributed by atoms with E-state index in [2.05, 4.69) is 13.8 Å². The van der Waals surface area contributed by atoms with Gasteiger partial charge in [0.15, 0.2) is 0 Å². The second-order valence-corrected chi connectivity index (χ2v) is 10.8. The van der Waals surface area contributed by atoms with Crippen LogP contribution in [-0.2, 0) is 0 Å². The van der Waals surface area contributed by atoms with E-state index in [0.717, 1.165) is 44.3 Å². The number of methoxy groups -OCH3 is 2. The van der Waals surface area contributed by atoms with Gasteiger partial charge in [-0.2, -0.15) is 0 Å². The van der Waals surface area contributed by atoms with Crippen molar-refractivity contribution in [3.05, 3.63) is 27.8 Å². The Hall–Kier alpha value is -1.28. The zero-order valence-corrected chi connectivity index (χ0v) is 20.2. The van der Waals surface area contributed by atoms with Crippen LogP contribution >= 0.6 is 33.0 Å². The number of hydrogen-bond donors (Lipinski definition) is 2. The Morgan fingerprint density at radius 3 is 2.07 bits per heavy atom. The van der Waals surface area contributed by atoms with Gasteiger partial charge >= 0.3 is 183 Å². The fourth-order valence-corrected chi connectivity index (χ4v) is 6.92. The number of ether oxygens (including phenoxy) is 2. The molecule has 0 heterocycles. The van der Waals surface area contributed by atoms with Crippen molar-refractivity contribution in [1.29, 1.82) is 0 Å². The molecular formula is C22H31IO4S. The predicted octanol–water partition coefficient (Wildman–Crippen LogP) is 6.35. The van der Waals surface area contributed by atoms with Gasteiger partial charge in [-0.3, -0.25) is 0 Å². The molecule has 156 valence electrons. The van der Waals surface area contributed by atoms with E-state index in [1.807, 2.05) is 12.1 Å². The molecule has 0 atom stereocenters. The zero-order valence-electron chi connectivity index (χ0n) is 17.1. The molecule has 0 aromatic heterocycles. The summed E-state index contributed by atoms with van der Waals surface area (Å²) in [5, 5.41) is 21.9. The Balaban J connectivity index is 2.52. The summed E-state index contributed by atoms with van der Waals surface area (Å²) in [5.41, 5.74) is 1.18. The fourth-order valence-electron chi connectivity index (χ4n) is 2.68. The van der Waals surface area contributed by atoms with Gasteiger partial charge in [0.05, 0.1) is 0 Å². The van der Waals surface area contributed by atoms with E-state index in [9.17, 15) is 10.2 Å². The van der Waals surface area contributed by atoms with Crippen LogP contribution in [0, 0.1) is 3.57 Å². The molecule has 0 fully saturated rings. The van der Waals surface area contributed by atoms with Gasteiger partial charge in [0.1, 0.15) is 0 Å². The molecule has 0 bridgehead atoms. The summed E-state index contributed by atoms with van der Waals surface area (Å²) >= 11 is 1.09. The van der Waals surface area contributed by atoms with Crippen LogP contribution in [0.3, 0.4) is 0 Å². The first-order chi connectivity index (χ1) is 13.5. The molecule has 0 radical (unpaired) electrons. The fraction of sp³-hybridized carbons (Fsp3) is 0.455. The summed E-state index contributed by atoms with van der Waals surface area (Å²) in [4.78, 5) is 0.772. The SMILES string of the molecule is CCCCSc1cc(OC)cc(-c2cc(OC)cc([IH]CCCC)c2O)c1O. The van der Waals surface area contributed by atoms with Gasteiger partial charge in [0, 0.05) is 0 Å². The first kappa shape index (κ1) is 23.0. The van der Waals surface area contributed by atoms with E-state index in [4.69, 9.17) is 9.47 Å². The molecule has 0 aliphatic heterocycles. The van der Waals surface area contributed by atoms with Gasteiger partial charge in [0.25, 0.3) is 0 Å². The number of unbranched alkanes of at least 4 members (excludes halogenated alkanes) is 2. The Morgan fingerprint density at radius 1 is 0.857 bits per heavy atom. The van der Waals surface area contributed by atoms with Crippen molar-refractivity contribution in [2.24, 2.45) is 0 Å². The van der Waals surface area contributed by atoms with Crippen LogP contribution in [0.1, 0.15) is 39.5 Å². The van der Waals surface area contributed by atoms with Crippen LogP contribution < -0.4 is 9.47 Å². The number of rotatable bonds is 11. The molecule has 2 rings (SSSR count). The molecule has 2 aromatic rings. The molecule has 0 aliphatic rings. The topological polar surface area (TPSA) is 58.9 Å². The van der Waals surface area contributed by atoms with Gasteiger partial charge in [0.2, 0.25) is 0 Å². The number of aromatic hydroxyl groups is 2. The van der Waals surface area contributed by atoms with Crippen LogP contribution in [0.2, 0.25) is 0 Å². The van der Waals surface area contributed by atoms with Crippen LogP contribution in [0.25, 0.3) is 11.1 Å². The third kappa shape index (κ3) is 5.86. The molecule has 0 saturated heterocycles. The monoisotopic (exact) mass is 518 g/mol. The van der Waals surface area contributed by atoms with Gasteiger partial charge in [-0.25, -0.2) is 0 Å². The Kier molecular flexibility index (Phi) is 9.58. The molecular weight excluding hydrogens is 487 g/mol. The Morgan fingerprint density at radius 2 is 1.46 bits per heavy atom. The molecule has 0 unspecified atom stereocenters. The van der Waals surface area contributed by atoms with E-state index < -0.39 is 21.2 Å². The third-order valence-electron chi connectivity index (χ3n) is 4.37. The Labute approximate surface area is 182 Å². The average Bonchev–Trinajstić information content (AvgIpc) is 2.71. The van der Waals surface area contributed by atoms with Gasteiger partial charge in [-0.05, 0) is 0 Å². The number of alkyl halides is 1. The van der Waals surface area contributed by atoms with Crippen molar-refractivity contribution in [1.82, 2.24) is 0 Å². The number of thioether (sulfide) groups is 1. The second kappa shape index (κ2) is 11.7. The van der Waals surface area contributed by atoms with E-state index in [-0.39, 0.29) is 11.5 Å². The molecule has 2 N–H and O–H groups in total. The predicted molar refractivity (Wildman–Crippen MR) is 128 cm³/mol. The molecule has 6 heteroatoms. The molecule has 0 amide bonds. The van der Waals surface area contributed by atoms with E-state index in [1.54, 1.807) is 38.1 Å². The second-order valence-electron chi connectivity index (χ2n) is 6.45. The van der Waals surface area contributed by atoms with Crippen molar-refractivity contribution in [2.45, 2.75) is 44.4 Å². The summed E-state index contributed by atoms with van der Waals surface area (Å²) in [6.45, 7) is 4.32. The van der Waals surface area contributed by atoms with Crippen LogP contribution in [0.4, 0.5) is 0 Å². The van der Waals surface area contributed by atoms with Crippen molar-refractivity contribution in [3.8, 4) is 34.1 Å². The molecule has 28 heavy (non-hydrogen) atoms. The van der Waals surface area contributed by atoms with Crippen LogP contribution in [0.15, 0.2) is 29.2 Å². The average molecular weight is 518 g/mol. The first-order valence-corrected chi connectivity index (χ1v) is 13.4. The van der Waals surface area contributed by atoms with Crippen molar-refractivity contribution >= 4 is 33.0 Å². The number of hydrogen-bond acceptors (Lipinski definition) is 5. The zero-order chi connectivity index (χ0) is 20.5. The van der Waals surface area contributed by atoms with E-state index >= 15 is 0 Å². The maximum atomic E-state index is 11.0. The van der Waals surface area contributed by atoms with E-state index in [1.165, 1.54) is 0 Å². The Bertz CT molecular complexity index is 714. The quantitative estimate of drug-likeness (QED) is 0.157. The van der Waals surface area contributed by atoms with Crippen molar-refractivity contribution in [2.75, 3.05) is 24.4 Å². The van der Waals surface area contributed by atoms with Crippen LogP contribution in [0.5, 0.6) is 23.0 Å². The van der Waals surface area contributed by atoms with E-state index in [0.29, 0.717) is 22.6 Å². The van der Waals surface area contributed by atoms with Crippen LogP contribution in [-0.4, -0.2) is 34.6 Å². The molecule has 0 spiro atoms. The number of benzene rings is 2. The molecule has 2 aromatic carbocycles. The van der Waals surface area contributed by atoms with Crippen molar-refractivity contribution < 1.29 is 19.7 Å².